The van der Waals surface area contributed by atoms with Gasteiger partial charge < -0.3 is 4.90 Å². The van der Waals surface area contributed by atoms with E-state index >= 15 is 0 Å². The zero-order valence-corrected chi connectivity index (χ0v) is 4.48. The fourth-order valence-electron chi connectivity index (χ4n) is 0.783. The molecule has 0 aromatic rings. The normalized spacial score (nSPS) is 18.6. The summed E-state index contributed by atoms with van der Waals surface area (Å²) in [5.41, 5.74) is 0. The Morgan fingerprint density at radius 1 is 1.62 bits per heavy atom. The van der Waals surface area contributed by atoms with Gasteiger partial charge in [0.15, 0.2) is 0 Å². The van der Waals surface area contributed by atoms with E-state index in [0.29, 0.717) is 5.91 Å². The van der Waals surface area contributed by atoms with Crippen LogP contribution in [0.15, 0.2) is 0 Å². The lowest BCUT2D eigenvalue weighted by Gasteiger charge is -2.03. The van der Waals surface area contributed by atoms with Crippen LogP contribution < -0.4 is 0 Å². The lowest BCUT2D eigenvalue weighted by molar-refractivity contribution is -0.126. The Bertz CT molecular complexity index is 90.5. The minimum absolute atomic E-state index is 0. The van der Waals surface area contributed by atoms with Crippen LogP contribution in [0.1, 0.15) is 20.3 Å². The van der Waals surface area contributed by atoms with Crippen molar-refractivity contribution in [3.05, 3.63) is 0 Å². The molecule has 1 aliphatic rings. The maximum absolute atomic E-state index is 10.5. The zero-order chi connectivity index (χ0) is 5.28. The van der Waals surface area contributed by atoms with Gasteiger partial charge in [0.05, 0.1) is 0 Å². The molecule has 48 valence electrons. The Kier molecular flexibility index (Phi) is 2.52. The Labute approximate surface area is 50.5 Å². The molecule has 1 fully saturated rings. The van der Waals surface area contributed by atoms with Crippen molar-refractivity contribution >= 4 is 5.91 Å². The van der Waals surface area contributed by atoms with Gasteiger partial charge in [-0.15, -0.1) is 0 Å². The molecule has 0 unspecified atom stereocenters. The summed E-state index contributed by atoms with van der Waals surface area (Å²) in [7, 11) is 1.84. The molecule has 0 atom stereocenters. The van der Waals surface area contributed by atoms with E-state index in [9.17, 15) is 4.79 Å². The summed E-state index contributed by atoms with van der Waals surface area (Å²) < 4.78 is 0. The van der Waals surface area contributed by atoms with E-state index in [4.69, 9.17) is 0 Å². The van der Waals surface area contributed by atoms with E-state index in [1.54, 1.807) is 4.90 Å². The van der Waals surface area contributed by atoms with Gasteiger partial charge in [-0.3, -0.25) is 4.79 Å². The maximum atomic E-state index is 10.5. The fourth-order valence-corrected chi connectivity index (χ4v) is 0.783. The number of carbonyl (C=O) groups excluding carboxylic acids is 1. The Morgan fingerprint density at radius 3 is 2.38 bits per heavy atom. The molecular formula is C6H13NO. The molecule has 1 saturated heterocycles. The molecule has 2 heteroatoms. The van der Waals surface area contributed by atoms with Crippen LogP contribution in [-0.2, 0) is 4.79 Å². The van der Waals surface area contributed by atoms with Gasteiger partial charge in [-0.25, -0.2) is 0 Å². The van der Waals surface area contributed by atoms with Gasteiger partial charge in [-0.1, -0.05) is 7.43 Å². The number of likely N-dealkylation sites (tertiary alicyclic amines) is 1. The standard InChI is InChI=1S/C5H9NO.CH4/c1-6-4-2-3-5(6)7;/h2-4H2,1H3;1H4. The Balaban J connectivity index is 0.000000490. The van der Waals surface area contributed by atoms with Crippen LogP contribution in [0.5, 0.6) is 0 Å². The molecule has 0 bridgehead atoms. The molecule has 1 aliphatic heterocycles. The Hall–Kier alpha value is -0.530. The molecule has 2 nitrogen and oxygen atoms in total. The number of amides is 1. The zero-order valence-electron chi connectivity index (χ0n) is 4.48. The third kappa shape index (κ3) is 1.22. The van der Waals surface area contributed by atoms with Gasteiger partial charge in [0, 0.05) is 20.0 Å². The van der Waals surface area contributed by atoms with E-state index in [0.717, 1.165) is 19.4 Å². The van der Waals surface area contributed by atoms with Gasteiger partial charge in [0.2, 0.25) is 5.91 Å². The summed E-state index contributed by atoms with van der Waals surface area (Å²) in [5, 5.41) is 0. The van der Waals surface area contributed by atoms with Crippen LogP contribution in [0, 0.1) is 0 Å². The first-order valence-corrected chi connectivity index (χ1v) is 2.54. The second-order valence-corrected chi connectivity index (χ2v) is 1.92. The number of rotatable bonds is 0. The smallest absolute Gasteiger partial charge is 0.222 e. The first-order chi connectivity index (χ1) is 3.30. The minimum Gasteiger partial charge on any atom is -0.346 e. The molecule has 1 rings (SSSR count). The monoisotopic (exact) mass is 115 g/mol. The molecule has 0 N–H and O–H groups in total. The summed E-state index contributed by atoms with van der Waals surface area (Å²) in [6.07, 6.45) is 1.81. The molecule has 0 radical (unpaired) electrons. The first kappa shape index (κ1) is 7.47. The van der Waals surface area contributed by atoms with Crippen molar-refractivity contribution in [2.24, 2.45) is 0 Å². The third-order valence-electron chi connectivity index (χ3n) is 1.31. The molecule has 8 heavy (non-hydrogen) atoms. The second kappa shape index (κ2) is 2.70. The molecule has 0 aliphatic carbocycles. The van der Waals surface area contributed by atoms with Gasteiger partial charge in [0.25, 0.3) is 0 Å². The quantitative estimate of drug-likeness (QED) is 0.459. The van der Waals surface area contributed by atoms with E-state index in [-0.39, 0.29) is 7.43 Å². The molecule has 0 saturated carbocycles. The number of hydrogen-bond donors (Lipinski definition) is 0. The number of nitrogens with zero attached hydrogens (tertiary/aromatic N) is 1. The van der Waals surface area contributed by atoms with E-state index in [1.165, 1.54) is 0 Å². The highest BCUT2D eigenvalue weighted by atomic mass is 16.2. The molecule has 1 heterocycles. The Morgan fingerprint density at radius 2 is 2.25 bits per heavy atom. The van der Waals surface area contributed by atoms with Crippen LogP contribution in [0.3, 0.4) is 0 Å². The van der Waals surface area contributed by atoms with Crippen molar-refractivity contribution in [2.75, 3.05) is 13.6 Å². The van der Waals surface area contributed by atoms with Crippen molar-refractivity contribution in [1.29, 1.82) is 0 Å². The molecule has 0 spiro atoms. The summed E-state index contributed by atoms with van der Waals surface area (Å²) in [6, 6.07) is 0. The van der Waals surface area contributed by atoms with Crippen LogP contribution in [0.25, 0.3) is 0 Å². The SMILES string of the molecule is C.CN1CCCC1=O. The van der Waals surface area contributed by atoms with Crippen LogP contribution in [0.2, 0.25) is 0 Å². The van der Waals surface area contributed by atoms with E-state index in [2.05, 4.69) is 0 Å². The lowest BCUT2D eigenvalue weighted by atomic mass is 10.4. The molecule has 1 amide bonds. The van der Waals surface area contributed by atoms with Gasteiger partial charge >= 0.3 is 0 Å². The second-order valence-electron chi connectivity index (χ2n) is 1.92. The first-order valence-electron chi connectivity index (χ1n) is 2.54. The van der Waals surface area contributed by atoms with Crippen molar-refractivity contribution in [1.82, 2.24) is 4.90 Å². The van der Waals surface area contributed by atoms with Crippen LogP contribution in [0.4, 0.5) is 0 Å². The average Bonchev–Trinajstić information content (AvgIpc) is 1.91. The largest absolute Gasteiger partial charge is 0.346 e. The van der Waals surface area contributed by atoms with Gasteiger partial charge in [-0.2, -0.15) is 0 Å². The molecule has 0 aromatic carbocycles. The highest BCUT2D eigenvalue weighted by Gasteiger charge is 2.14. The molecular weight excluding hydrogens is 102 g/mol. The summed E-state index contributed by atoms with van der Waals surface area (Å²) in [4.78, 5) is 12.3. The van der Waals surface area contributed by atoms with E-state index in [1.807, 2.05) is 7.05 Å². The lowest BCUT2D eigenvalue weighted by Crippen LogP contribution is -2.17. The van der Waals surface area contributed by atoms with Crippen LogP contribution >= 0.6 is 0 Å². The van der Waals surface area contributed by atoms with Crippen molar-refractivity contribution < 1.29 is 4.79 Å². The molecule has 0 aromatic heterocycles. The van der Waals surface area contributed by atoms with Crippen LogP contribution in [-0.4, -0.2) is 24.4 Å². The summed E-state index contributed by atoms with van der Waals surface area (Å²) >= 11 is 0. The predicted octanol–water partition coefficient (Wildman–Crippen LogP) is 0.875. The van der Waals surface area contributed by atoms with Crippen molar-refractivity contribution in [2.45, 2.75) is 20.3 Å². The number of hydrogen-bond acceptors (Lipinski definition) is 1. The van der Waals surface area contributed by atoms with Crippen molar-refractivity contribution in [3.63, 3.8) is 0 Å². The van der Waals surface area contributed by atoms with Crippen molar-refractivity contribution in [3.8, 4) is 0 Å². The third-order valence-corrected chi connectivity index (χ3v) is 1.31. The summed E-state index contributed by atoms with van der Waals surface area (Å²) in [5.74, 6) is 0.292. The van der Waals surface area contributed by atoms with E-state index < -0.39 is 0 Å². The highest BCUT2D eigenvalue weighted by Crippen LogP contribution is 2.04. The van der Waals surface area contributed by atoms with Gasteiger partial charge in [0.1, 0.15) is 0 Å². The fraction of sp³-hybridized carbons (Fsp3) is 0.833. The van der Waals surface area contributed by atoms with Gasteiger partial charge in [-0.05, 0) is 6.42 Å². The highest BCUT2D eigenvalue weighted by molar-refractivity contribution is 5.77. The predicted molar refractivity (Wildman–Crippen MR) is 33.6 cm³/mol. The average molecular weight is 115 g/mol. The number of carbonyl (C=O) groups is 1. The summed E-state index contributed by atoms with van der Waals surface area (Å²) in [6.45, 7) is 0.957. The topological polar surface area (TPSA) is 20.3 Å². The minimum atomic E-state index is 0. The maximum Gasteiger partial charge on any atom is 0.222 e.